The maximum atomic E-state index is 12.2. The molecule has 0 heterocycles. The molecule has 0 fully saturated rings. The second kappa shape index (κ2) is 7.82. The Morgan fingerprint density at radius 3 is 2.70 bits per heavy atom. The summed E-state index contributed by atoms with van der Waals surface area (Å²) in [7, 11) is 0. The van der Waals surface area contributed by atoms with Crippen LogP contribution >= 0.6 is 27.5 Å². The third kappa shape index (κ3) is 4.59. The summed E-state index contributed by atoms with van der Waals surface area (Å²) >= 11 is 9.31. The first-order valence-corrected chi connectivity index (χ1v) is 7.87. The van der Waals surface area contributed by atoms with Crippen LogP contribution in [0.2, 0.25) is 5.02 Å². The molecule has 0 atom stereocenters. The van der Waals surface area contributed by atoms with Crippen molar-refractivity contribution in [3.05, 3.63) is 69.3 Å². The van der Waals surface area contributed by atoms with Gasteiger partial charge in [0.15, 0.2) is 0 Å². The van der Waals surface area contributed by atoms with E-state index in [1.54, 1.807) is 18.2 Å². The number of nitrogens with zero attached hydrogens (tertiary/aromatic N) is 1. The summed E-state index contributed by atoms with van der Waals surface area (Å²) in [4.78, 5) is 12.2. The number of amides is 1. The summed E-state index contributed by atoms with van der Waals surface area (Å²) in [5.74, 6) is -0.502. The molecule has 0 aliphatic heterocycles. The summed E-state index contributed by atoms with van der Waals surface area (Å²) in [5, 5.41) is 15.3. The van der Waals surface area contributed by atoms with Crippen molar-refractivity contribution in [1.29, 1.82) is 5.26 Å². The van der Waals surface area contributed by atoms with Crippen LogP contribution in [0.5, 0.6) is 0 Å². The van der Waals surface area contributed by atoms with Crippen molar-refractivity contribution in [2.75, 3.05) is 10.6 Å². The highest BCUT2D eigenvalue weighted by Gasteiger charge is 2.11. The van der Waals surface area contributed by atoms with E-state index in [-0.39, 0.29) is 5.57 Å². The summed E-state index contributed by atoms with van der Waals surface area (Å²) in [6, 6.07) is 14.5. The van der Waals surface area contributed by atoms with Gasteiger partial charge in [0.2, 0.25) is 0 Å². The molecule has 0 bridgehead atoms. The predicted molar refractivity (Wildman–Crippen MR) is 96.3 cm³/mol. The van der Waals surface area contributed by atoms with Gasteiger partial charge in [-0.15, -0.1) is 0 Å². The predicted octanol–water partition coefficient (Wildman–Crippen LogP) is 4.87. The van der Waals surface area contributed by atoms with E-state index in [0.29, 0.717) is 10.7 Å². The number of anilines is 2. The van der Waals surface area contributed by atoms with E-state index < -0.39 is 5.91 Å². The van der Waals surface area contributed by atoms with Crippen LogP contribution < -0.4 is 10.6 Å². The molecule has 0 radical (unpaired) electrons. The molecule has 0 spiro atoms. The first-order chi connectivity index (χ1) is 11.0. The fourth-order valence-electron chi connectivity index (χ4n) is 1.80. The summed E-state index contributed by atoms with van der Waals surface area (Å²) in [6.45, 7) is 1.85. The molecule has 2 rings (SSSR count). The van der Waals surface area contributed by atoms with Crippen LogP contribution in [0.1, 0.15) is 5.56 Å². The van der Waals surface area contributed by atoms with Gasteiger partial charge in [0.25, 0.3) is 5.91 Å². The Hall–Kier alpha value is -2.29. The van der Waals surface area contributed by atoms with E-state index in [4.69, 9.17) is 11.6 Å². The number of nitrogens with one attached hydrogen (secondary N) is 2. The van der Waals surface area contributed by atoms with Crippen molar-refractivity contribution >= 4 is 44.8 Å². The van der Waals surface area contributed by atoms with Crippen LogP contribution in [0.25, 0.3) is 0 Å². The molecule has 1 amide bonds. The molecular formula is C17H13BrClN3O. The van der Waals surface area contributed by atoms with Crippen molar-refractivity contribution in [2.45, 2.75) is 6.92 Å². The van der Waals surface area contributed by atoms with Crippen molar-refractivity contribution < 1.29 is 4.79 Å². The minimum absolute atomic E-state index is 0.0415. The zero-order chi connectivity index (χ0) is 16.8. The maximum absolute atomic E-state index is 12.2. The average Bonchev–Trinajstić information content (AvgIpc) is 2.53. The minimum atomic E-state index is -0.502. The highest BCUT2D eigenvalue weighted by atomic mass is 79.9. The fourth-order valence-corrected chi connectivity index (χ4v) is 2.37. The van der Waals surface area contributed by atoms with Crippen LogP contribution in [0.3, 0.4) is 0 Å². The molecule has 23 heavy (non-hydrogen) atoms. The highest BCUT2D eigenvalue weighted by Crippen LogP contribution is 2.22. The topological polar surface area (TPSA) is 64.9 Å². The molecule has 0 saturated heterocycles. The van der Waals surface area contributed by atoms with Crippen molar-refractivity contribution in [2.24, 2.45) is 0 Å². The van der Waals surface area contributed by atoms with Gasteiger partial charge in [-0.25, -0.2) is 0 Å². The number of para-hydroxylation sites is 1. The largest absolute Gasteiger partial charge is 0.359 e. The number of hydrogen-bond acceptors (Lipinski definition) is 3. The number of benzene rings is 2. The number of carbonyl (C=O) groups is 1. The maximum Gasteiger partial charge on any atom is 0.267 e. The molecule has 116 valence electrons. The van der Waals surface area contributed by atoms with Gasteiger partial charge in [-0.3, -0.25) is 4.79 Å². The van der Waals surface area contributed by atoms with Gasteiger partial charge >= 0.3 is 0 Å². The molecule has 2 N–H and O–H groups in total. The number of halogens is 2. The molecule has 0 aliphatic rings. The van der Waals surface area contributed by atoms with E-state index in [2.05, 4.69) is 26.6 Å². The smallest absolute Gasteiger partial charge is 0.267 e. The number of aryl methyl sites for hydroxylation is 1. The lowest BCUT2D eigenvalue weighted by Crippen LogP contribution is -2.15. The lowest BCUT2D eigenvalue weighted by atomic mass is 10.2. The Kier molecular flexibility index (Phi) is 5.80. The van der Waals surface area contributed by atoms with Crippen LogP contribution in [-0.2, 0) is 4.79 Å². The Morgan fingerprint density at radius 1 is 1.26 bits per heavy atom. The monoisotopic (exact) mass is 389 g/mol. The van der Waals surface area contributed by atoms with Crippen molar-refractivity contribution in [1.82, 2.24) is 0 Å². The van der Waals surface area contributed by atoms with Crippen molar-refractivity contribution in [3.8, 4) is 6.07 Å². The molecular weight excluding hydrogens is 378 g/mol. The van der Waals surface area contributed by atoms with E-state index in [1.807, 2.05) is 37.3 Å². The fraction of sp³-hybridized carbons (Fsp3) is 0.0588. The molecule has 0 unspecified atom stereocenters. The number of rotatable bonds is 4. The first kappa shape index (κ1) is 17.1. The highest BCUT2D eigenvalue weighted by molar-refractivity contribution is 9.10. The summed E-state index contributed by atoms with van der Waals surface area (Å²) in [6.07, 6.45) is 1.37. The Balaban J connectivity index is 2.16. The number of carbonyl (C=O) groups excluding carboxylic acids is 1. The summed E-state index contributed by atoms with van der Waals surface area (Å²) < 4.78 is 0.833. The minimum Gasteiger partial charge on any atom is -0.359 e. The third-order valence-electron chi connectivity index (χ3n) is 3.06. The number of hydrogen-bond donors (Lipinski definition) is 2. The summed E-state index contributed by atoms with van der Waals surface area (Å²) in [5.41, 5.74) is 2.15. The van der Waals surface area contributed by atoms with Crippen LogP contribution in [0, 0.1) is 18.3 Å². The van der Waals surface area contributed by atoms with Crippen LogP contribution in [-0.4, -0.2) is 5.91 Å². The Morgan fingerprint density at radius 2 is 2.00 bits per heavy atom. The van der Waals surface area contributed by atoms with Crippen LogP contribution in [0.4, 0.5) is 11.4 Å². The molecule has 4 nitrogen and oxygen atoms in total. The van der Waals surface area contributed by atoms with E-state index in [9.17, 15) is 10.1 Å². The zero-order valence-electron chi connectivity index (χ0n) is 12.2. The van der Waals surface area contributed by atoms with Gasteiger partial charge in [0, 0.05) is 21.4 Å². The lowest BCUT2D eigenvalue weighted by Gasteiger charge is -2.09. The Bertz CT molecular complexity index is 812. The van der Waals surface area contributed by atoms with E-state index >= 15 is 0 Å². The normalized spacial score (nSPS) is 10.8. The van der Waals surface area contributed by atoms with Gasteiger partial charge in [-0.05, 0) is 52.7 Å². The first-order valence-electron chi connectivity index (χ1n) is 6.70. The second-order valence-electron chi connectivity index (χ2n) is 4.71. The van der Waals surface area contributed by atoms with E-state index in [1.165, 1.54) is 6.20 Å². The molecule has 2 aromatic rings. The van der Waals surface area contributed by atoms with Gasteiger partial charge in [-0.2, -0.15) is 5.26 Å². The number of nitriles is 1. The Labute approximate surface area is 147 Å². The van der Waals surface area contributed by atoms with Gasteiger partial charge in [0.1, 0.15) is 11.6 Å². The zero-order valence-corrected chi connectivity index (χ0v) is 14.6. The standard InChI is InChI=1S/C17H13BrClN3O/c1-11-6-7-13(19)8-16(11)22-17(23)12(9-20)10-21-15-5-3-2-4-14(15)18/h2-8,10,21H,1H3,(H,22,23)/b12-10-. The quantitative estimate of drug-likeness (QED) is 0.578. The van der Waals surface area contributed by atoms with E-state index in [0.717, 1.165) is 15.7 Å². The SMILES string of the molecule is Cc1ccc(Cl)cc1NC(=O)/C(C#N)=C\Nc1ccccc1Br. The molecule has 0 saturated carbocycles. The average molecular weight is 391 g/mol. The van der Waals surface area contributed by atoms with Gasteiger partial charge in [-0.1, -0.05) is 29.8 Å². The molecule has 6 heteroatoms. The lowest BCUT2D eigenvalue weighted by molar-refractivity contribution is -0.112. The van der Waals surface area contributed by atoms with Gasteiger partial charge < -0.3 is 10.6 Å². The van der Waals surface area contributed by atoms with Gasteiger partial charge in [0.05, 0.1) is 5.69 Å². The van der Waals surface area contributed by atoms with Crippen molar-refractivity contribution in [3.63, 3.8) is 0 Å². The molecule has 2 aromatic carbocycles. The third-order valence-corrected chi connectivity index (χ3v) is 3.99. The van der Waals surface area contributed by atoms with Crippen LogP contribution in [0.15, 0.2) is 58.7 Å². The second-order valence-corrected chi connectivity index (χ2v) is 6.00. The molecule has 0 aliphatic carbocycles. The molecule has 0 aromatic heterocycles.